The summed E-state index contributed by atoms with van der Waals surface area (Å²) in [5.41, 5.74) is 5.25. The van der Waals surface area contributed by atoms with Gasteiger partial charge in [0.2, 0.25) is 0 Å². The first-order valence-electron chi connectivity index (χ1n) is 10.6. The second-order valence-electron chi connectivity index (χ2n) is 7.98. The van der Waals surface area contributed by atoms with Crippen LogP contribution in [0.15, 0.2) is 48.8 Å². The number of hydrogen-bond acceptors (Lipinski definition) is 5. The summed E-state index contributed by atoms with van der Waals surface area (Å²) in [5.74, 6) is 0. The van der Waals surface area contributed by atoms with Gasteiger partial charge in [0.25, 0.3) is 0 Å². The highest BCUT2D eigenvalue weighted by molar-refractivity contribution is 5.78. The molecule has 29 heavy (non-hydrogen) atoms. The van der Waals surface area contributed by atoms with Gasteiger partial charge in [-0.05, 0) is 54.8 Å². The highest BCUT2D eigenvalue weighted by atomic mass is 16.5. The van der Waals surface area contributed by atoms with Crippen LogP contribution in [0.3, 0.4) is 0 Å². The Balaban J connectivity index is 1.29. The van der Waals surface area contributed by atoms with Crippen LogP contribution in [0.25, 0.3) is 16.7 Å². The van der Waals surface area contributed by atoms with Crippen LogP contribution in [0.2, 0.25) is 0 Å². The smallest absolute Gasteiger partial charge is 0.100 e. The SMILES string of the molecule is OCc1ccc2ncn(-c3ccc(N4CCC(N5CCOCC5)CC4)cc3)c2c1. The van der Waals surface area contributed by atoms with Gasteiger partial charge < -0.3 is 14.7 Å². The third-order valence-corrected chi connectivity index (χ3v) is 6.31. The second kappa shape index (κ2) is 8.14. The van der Waals surface area contributed by atoms with Crippen LogP contribution in [0.5, 0.6) is 0 Å². The van der Waals surface area contributed by atoms with Crippen LogP contribution in [0.4, 0.5) is 5.69 Å². The van der Waals surface area contributed by atoms with E-state index in [4.69, 9.17) is 4.74 Å². The van der Waals surface area contributed by atoms with Gasteiger partial charge in [-0.25, -0.2) is 4.98 Å². The summed E-state index contributed by atoms with van der Waals surface area (Å²) >= 11 is 0. The first-order chi connectivity index (χ1) is 14.3. The van der Waals surface area contributed by atoms with Crippen molar-refractivity contribution in [3.05, 3.63) is 54.4 Å². The number of aromatic nitrogens is 2. The molecule has 2 aliphatic rings. The summed E-state index contributed by atoms with van der Waals surface area (Å²) in [6.45, 7) is 6.17. The third-order valence-electron chi connectivity index (χ3n) is 6.31. The van der Waals surface area contributed by atoms with E-state index in [1.165, 1.54) is 18.5 Å². The number of piperidine rings is 1. The minimum atomic E-state index is 0.0421. The molecule has 1 N–H and O–H groups in total. The molecule has 2 aromatic carbocycles. The van der Waals surface area contributed by atoms with Crippen LogP contribution in [0.1, 0.15) is 18.4 Å². The molecule has 3 heterocycles. The molecule has 2 saturated heterocycles. The van der Waals surface area contributed by atoms with Gasteiger partial charge in [0, 0.05) is 43.6 Å². The average molecular weight is 393 g/mol. The number of ether oxygens (including phenoxy) is 1. The zero-order valence-electron chi connectivity index (χ0n) is 16.7. The molecule has 6 nitrogen and oxygen atoms in total. The zero-order chi connectivity index (χ0) is 19.6. The van der Waals surface area contributed by atoms with E-state index in [9.17, 15) is 5.11 Å². The molecule has 0 saturated carbocycles. The number of morpholine rings is 1. The Kier molecular flexibility index (Phi) is 5.23. The average Bonchev–Trinajstić information content (AvgIpc) is 3.23. The van der Waals surface area contributed by atoms with Gasteiger partial charge in [0.05, 0.1) is 30.9 Å². The van der Waals surface area contributed by atoms with E-state index in [2.05, 4.69) is 43.6 Å². The number of fused-ring (bicyclic) bond motifs is 1. The van der Waals surface area contributed by atoms with E-state index in [-0.39, 0.29) is 6.61 Å². The van der Waals surface area contributed by atoms with Crippen molar-refractivity contribution in [2.75, 3.05) is 44.3 Å². The summed E-state index contributed by atoms with van der Waals surface area (Å²) in [7, 11) is 0. The molecule has 6 heteroatoms. The van der Waals surface area contributed by atoms with Crippen LogP contribution < -0.4 is 4.90 Å². The largest absolute Gasteiger partial charge is 0.392 e. The maximum atomic E-state index is 9.43. The quantitative estimate of drug-likeness (QED) is 0.740. The predicted octanol–water partition coefficient (Wildman–Crippen LogP) is 2.82. The van der Waals surface area contributed by atoms with Crippen molar-refractivity contribution in [1.82, 2.24) is 14.5 Å². The van der Waals surface area contributed by atoms with Gasteiger partial charge in [0.15, 0.2) is 0 Å². The first kappa shape index (κ1) is 18.6. The molecule has 0 aliphatic carbocycles. The lowest BCUT2D eigenvalue weighted by Crippen LogP contribution is -2.49. The van der Waals surface area contributed by atoms with Gasteiger partial charge in [-0.15, -0.1) is 0 Å². The van der Waals surface area contributed by atoms with E-state index in [1.807, 2.05) is 24.5 Å². The topological polar surface area (TPSA) is 53.8 Å². The fraction of sp³-hybridized carbons (Fsp3) is 0.435. The maximum absolute atomic E-state index is 9.43. The summed E-state index contributed by atoms with van der Waals surface area (Å²) in [6.07, 6.45) is 4.30. The number of nitrogens with zero attached hydrogens (tertiary/aromatic N) is 4. The fourth-order valence-electron chi connectivity index (χ4n) is 4.61. The molecular formula is C23H28N4O2. The highest BCUT2D eigenvalue weighted by Crippen LogP contribution is 2.26. The van der Waals surface area contributed by atoms with Gasteiger partial charge in [-0.3, -0.25) is 9.47 Å². The number of anilines is 1. The van der Waals surface area contributed by atoms with Crippen LogP contribution in [-0.4, -0.2) is 65.0 Å². The number of rotatable bonds is 4. The monoisotopic (exact) mass is 392 g/mol. The Morgan fingerprint density at radius 1 is 0.931 bits per heavy atom. The Morgan fingerprint density at radius 2 is 1.66 bits per heavy atom. The van der Waals surface area contributed by atoms with Crippen molar-refractivity contribution in [3.8, 4) is 5.69 Å². The number of aliphatic hydroxyl groups is 1. The fourth-order valence-corrected chi connectivity index (χ4v) is 4.61. The number of aliphatic hydroxyl groups excluding tert-OH is 1. The Bertz CT molecular complexity index is 955. The van der Waals surface area contributed by atoms with E-state index < -0.39 is 0 Å². The predicted molar refractivity (Wildman–Crippen MR) is 115 cm³/mol. The number of hydrogen-bond donors (Lipinski definition) is 1. The van der Waals surface area contributed by atoms with Crippen LogP contribution in [0, 0.1) is 0 Å². The molecule has 0 spiro atoms. The summed E-state index contributed by atoms with van der Waals surface area (Å²) in [6, 6.07) is 15.3. The highest BCUT2D eigenvalue weighted by Gasteiger charge is 2.25. The molecule has 0 amide bonds. The van der Waals surface area contributed by atoms with E-state index in [1.54, 1.807) is 0 Å². The first-order valence-corrected chi connectivity index (χ1v) is 10.6. The van der Waals surface area contributed by atoms with E-state index >= 15 is 0 Å². The van der Waals surface area contributed by atoms with Gasteiger partial charge in [-0.1, -0.05) is 6.07 Å². The Morgan fingerprint density at radius 3 is 2.38 bits per heavy atom. The Hall–Kier alpha value is -2.41. The minimum Gasteiger partial charge on any atom is -0.392 e. The molecule has 2 fully saturated rings. The van der Waals surface area contributed by atoms with Crippen LogP contribution in [-0.2, 0) is 11.3 Å². The summed E-state index contributed by atoms with van der Waals surface area (Å²) < 4.78 is 7.58. The Labute approximate surface area is 171 Å². The molecule has 0 unspecified atom stereocenters. The number of imidazole rings is 1. The molecule has 5 rings (SSSR count). The van der Waals surface area contributed by atoms with Crippen molar-refractivity contribution in [2.24, 2.45) is 0 Å². The normalized spacial score (nSPS) is 19.1. The van der Waals surface area contributed by atoms with E-state index in [0.717, 1.165) is 61.7 Å². The number of benzene rings is 2. The minimum absolute atomic E-state index is 0.0421. The third kappa shape index (κ3) is 3.75. The molecule has 0 atom stereocenters. The van der Waals surface area contributed by atoms with Crippen molar-refractivity contribution in [3.63, 3.8) is 0 Å². The lowest BCUT2D eigenvalue weighted by molar-refractivity contribution is 0.0115. The molecule has 152 valence electrons. The van der Waals surface area contributed by atoms with Crippen LogP contribution >= 0.6 is 0 Å². The van der Waals surface area contributed by atoms with Crippen molar-refractivity contribution in [2.45, 2.75) is 25.5 Å². The molecule has 3 aromatic rings. The maximum Gasteiger partial charge on any atom is 0.100 e. The molecule has 0 radical (unpaired) electrons. The molecular weight excluding hydrogens is 364 g/mol. The van der Waals surface area contributed by atoms with Gasteiger partial charge >= 0.3 is 0 Å². The van der Waals surface area contributed by atoms with Crippen molar-refractivity contribution < 1.29 is 9.84 Å². The summed E-state index contributed by atoms with van der Waals surface area (Å²) in [5, 5.41) is 9.43. The standard InChI is InChI=1S/C23H28N4O2/c28-16-18-1-6-22-23(15-18)27(17-24-22)21-4-2-19(3-5-21)25-9-7-20(8-10-25)26-11-13-29-14-12-26/h1-6,15,17,20,28H,7-14,16H2. The second-order valence-corrected chi connectivity index (χ2v) is 7.98. The van der Waals surface area contributed by atoms with Crippen molar-refractivity contribution >= 4 is 16.7 Å². The lowest BCUT2D eigenvalue weighted by Gasteiger charge is -2.40. The van der Waals surface area contributed by atoms with E-state index in [0.29, 0.717) is 6.04 Å². The molecule has 2 aliphatic heterocycles. The van der Waals surface area contributed by atoms with Crippen molar-refractivity contribution in [1.29, 1.82) is 0 Å². The van der Waals surface area contributed by atoms with Gasteiger partial charge in [0.1, 0.15) is 6.33 Å². The zero-order valence-corrected chi connectivity index (χ0v) is 16.7. The van der Waals surface area contributed by atoms with Gasteiger partial charge in [-0.2, -0.15) is 0 Å². The molecule has 1 aromatic heterocycles. The molecule has 0 bridgehead atoms. The summed E-state index contributed by atoms with van der Waals surface area (Å²) in [4.78, 5) is 9.60. The lowest BCUT2D eigenvalue weighted by atomic mass is 10.0.